The summed E-state index contributed by atoms with van der Waals surface area (Å²) in [5.41, 5.74) is 8.46. The van der Waals surface area contributed by atoms with Crippen LogP contribution in [0.2, 0.25) is 0 Å². The van der Waals surface area contributed by atoms with E-state index in [4.69, 9.17) is 5.73 Å². The summed E-state index contributed by atoms with van der Waals surface area (Å²) >= 11 is 6.65. The summed E-state index contributed by atoms with van der Waals surface area (Å²) in [6.07, 6.45) is 0. The molecule has 3 N–H and O–H groups in total. The van der Waals surface area contributed by atoms with E-state index in [-0.39, 0.29) is 4.90 Å². The lowest BCUT2D eigenvalue weighted by atomic mass is 10.2. The van der Waals surface area contributed by atoms with Gasteiger partial charge < -0.3 is 5.73 Å². The molecule has 2 aromatic carbocycles. The van der Waals surface area contributed by atoms with E-state index in [0.717, 1.165) is 10.0 Å². The monoisotopic (exact) mass is 432 g/mol. The van der Waals surface area contributed by atoms with Crippen LogP contribution in [0.15, 0.2) is 44.2 Å². The van der Waals surface area contributed by atoms with Gasteiger partial charge in [0.15, 0.2) is 0 Å². The molecule has 0 atom stereocenters. The first kappa shape index (κ1) is 16.3. The van der Waals surface area contributed by atoms with Crippen LogP contribution in [0.25, 0.3) is 0 Å². The molecular weight excluding hydrogens is 420 g/mol. The number of hydrogen-bond acceptors (Lipinski definition) is 3. The molecule has 0 aliphatic heterocycles. The summed E-state index contributed by atoms with van der Waals surface area (Å²) in [4.78, 5) is 0.168. The third-order valence-electron chi connectivity index (χ3n) is 3.12. The minimum atomic E-state index is -3.70. The van der Waals surface area contributed by atoms with Gasteiger partial charge in [0.05, 0.1) is 5.69 Å². The van der Waals surface area contributed by atoms with Crippen molar-refractivity contribution < 1.29 is 8.42 Å². The number of nitrogens with one attached hydrogen (secondary N) is 1. The van der Waals surface area contributed by atoms with Crippen LogP contribution in [0.3, 0.4) is 0 Å². The number of benzene rings is 2. The van der Waals surface area contributed by atoms with Crippen molar-refractivity contribution in [3.05, 3.63) is 50.4 Å². The van der Waals surface area contributed by atoms with Gasteiger partial charge in [-0.3, -0.25) is 4.72 Å². The minimum absolute atomic E-state index is 0.168. The molecular formula is C14H14Br2N2O2S. The lowest BCUT2D eigenvalue weighted by Crippen LogP contribution is -2.15. The summed E-state index contributed by atoms with van der Waals surface area (Å²) in [5.74, 6) is 0. The molecule has 112 valence electrons. The first-order valence-corrected chi connectivity index (χ1v) is 9.13. The number of aryl methyl sites for hydroxylation is 1. The van der Waals surface area contributed by atoms with Gasteiger partial charge in [0, 0.05) is 14.6 Å². The van der Waals surface area contributed by atoms with Crippen LogP contribution >= 0.6 is 31.9 Å². The lowest BCUT2D eigenvalue weighted by Gasteiger charge is -2.14. The fraction of sp³-hybridized carbons (Fsp3) is 0.143. The van der Waals surface area contributed by atoms with Crippen molar-refractivity contribution in [1.82, 2.24) is 0 Å². The van der Waals surface area contributed by atoms with Crippen LogP contribution in [-0.2, 0) is 10.0 Å². The lowest BCUT2D eigenvalue weighted by molar-refractivity contribution is 0.600. The van der Waals surface area contributed by atoms with E-state index in [1.54, 1.807) is 37.3 Å². The SMILES string of the molecule is Cc1cc(Br)c(S(=O)(=O)Nc2cccc(N)c2C)cc1Br. The van der Waals surface area contributed by atoms with Crippen molar-refractivity contribution in [3.63, 3.8) is 0 Å². The average molecular weight is 434 g/mol. The zero-order chi connectivity index (χ0) is 15.8. The van der Waals surface area contributed by atoms with Gasteiger partial charge in [0.1, 0.15) is 4.90 Å². The van der Waals surface area contributed by atoms with E-state index in [9.17, 15) is 8.42 Å². The quantitative estimate of drug-likeness (QED) is 0.712. The van der Waals surface area contributed by atoms with Crippen LogP contribution in [0.4, 0.5) is 11.4 Å². The Bertz CT molecular complexity index is 805. The van der Waals surface area contributed by atoms with Gasteiger partial charge in [-0.25, -0.2) is 8.42 Å². The Kier molecular flexibility index (Phi) is 4.65. The van der Waals surface area contributed by atoms with Crippen LogP contribution in [0.5, 0.6) is 0 Å². The molecule has 0 fully saturated rings. The van der Waals surface area contributed by atoms with Gasteiger partial charge in [0.25, 0.3) is 10.0 Å². The first-order valence-electron chi connectivity index (χ1n) is 6.06. The number of halogens is 2. The zero-order valence-corrected chi connectivity index (χ0v) is 15.4. The highest BCUT2D eigenvalue weighted by atomic mass is 79.9. The number of hydrogen-bond donors (Lipinski definition) is 2. The summed E-state index contributed by atoms with van der Waals surface area (Å²) in [6, 6.07) is 8.44. The summed E-state index contributed by atoms with van der Waals surface area (Å²) in [7, 11) is -3.70. The molecule has 7 heteroatoms. The maximum Gasteiger partial charge on any atom is 0.263 e. The van der Waals surface area contributed by atoms with Crippen LogP contribution < -0.4 is 10.5 Å². The molecule has 0 aliphatic rings. The van der Waals surface area contributed by atoms with Crippen molar-refractivity contribution in [1.29, 1.82) is 0 Å². The molecule has 0 amide bonds. The van der Waals surface area contributed by atoms with Crippen molar-refractivity contribution >= 4 is 53.3 Å². The number of rotatable bonds is 3. The third-order valence-corrected chi connectivity index (χ3v) is 6.30. The van der Waals surface area contributed by atoms with Crippen molar-refractivity contribution in [3.8, 4) is 0 Å². The molecule has 0 bridgehead atoms. The Hall–Kier alpha value is -1.05. The molecule has 0 saturated carbocycles. The van der Waals surface area contributed by atoms with E-state index in [2.05, 4.69) is 36.6 Å². The number of anilines is 2. The Morgan fingerprint density at radius 2 is 1.76 bits per heavy atom. The van der Waals surface area contributed by atoms with E-state index in [0.29, 0.717) is 21.4 Å². The molecule has 0 spiro atoms. The largest absolute Gasteiger partial charge is 0.398 e. The molecule has 0 heterocycles. The highest BCUT2D eigenvalue weighted by Gasteiger charge is 2.20. The molecule has 2 rings (SSSR count). The highest BCUT2D eigenvalue weighted by Crippen LogP contribution is 2.31. The third kappa shape index (κ3) is 3.41. The van der Waals surface area contributed by atoms with Gasteiger partial charge >= 0.3 is 0 Å². The molecule has 0 unspecified atom stereocenters. The second-order valence-corrected chi connectivity index (χ2v) is 8.02. The summed E-state index contributed by atoms with van der Waals surface area (Å²) in [5, 5.41) is 0. The molecule has 2 aromatic rings. The first-order chi connectivity index (χ1) is 9.72. The maximum absolute atomic E-state index is 12.5. The van der Waals surface area contributed by atoms with Crippen LogP contribution in [0.1, 0.15) is 11.1 Å². The molecule has 0 aliphatic carbocycles. The topological polar surface area (TPSA) is 72.2 Å². The Labute approximate surface area is 141 Å². The minimum Gasteiger partial charge on any atom is -0.398 e. The fourth-order valence-electron chi connectivity index (χ4n) is 1.80. The highest BCUT2D eigenvalue weighted by molar-refractivity contribution is 9.11. The fourth-order valence-corrected chi connectivity index (χ4v) is 4.60. The second-order valence-electron chi connectivity index (χ2n) is 4.66. The van der Waals surface area contributed by atoms with E-state index in [1.807, 2.05) is 6.92 Å². The van der Waals surface area contributed by atoms with E-state index in [1.165, 1.54) is 0 Å². The van der Waals surface area contributed by atoms with Gasteiger partial charge in [0.2, 0.25) is 0 Å². The van der Waals surface area contributed by atoms with E-state index < -0.39 is 10.0 Å². The summed E-state index contributed by atoms with van der Waals surface area (Å²) < 4.78 is 28.9. The van der Waals surface area contributed by atoms with Crippen molar-refractivity contribution in [2.75, 3.05) is 10.5 Å². The molecule has 4 nitrogen and oxygen atoms in total. The Morgan fingerprint density at radius 1 is 1.10 bits per heavy atom. The molecule has 0 radical (unpaired) electrons. The van der Waals surface area contributed by atoms with E-state index >= 15 is 0 Å². The zero-order valence-electron chi connectivity index (χ0n) is 11.4. The summed E-state index contributed by atoms with van der Waals surface area (Å²) in [6.45, 7) is 3.66. The smallest absolute Gasteiger partial charge is 0.263 e. The predicted octanol–water partition coefficient (Wildman–Crippen LogP) is 4.21. The van der Waals surface area contributed by atoms with Crippen molar-refractivity contribution in [2.45, 2.75) is 18.7 Å². The molecule has 0 aromatic heterocycles. The second kappa shape index (κ2) is 5.98. The Morgan fingerprint density at radius 3 is 2.43 bits per heavy atom. The van der Waals surface area contributed by atoms with Gasteiger partial charge in [-0.1, -0.05) is 22.0 Å². The van der Waals surface area contributed by atoms with Crippen LogP contribution in [-0.4, -0.2) is 8.42 Å². The van der Waals surface area contributed by atoms with Crippen LogP contribution in [0, 0.1) is 13.8 Å². The predicted molar refractivity (Wildman–Crippen MR) is 93.0 cm³/mol. The number of nitrogen functional groups attached to an aromatic ring is 1. The maximum atomic E-state index is 12.5. The molecule has 21 heavy (non-hydrogen) atoms. The van der Waals surface area contributed by atoms with Gasteiger partial charge in [-0.05, 0) is 65.2 Å². The van der Waals surface area contributed by atoms with Crippen molar-refractivity contribution in [2.24, 2.45) is 0 Å². The normalized spacial score (nSPS) is 11.4. The average Bonchev–Trinajstić information content (AvgIpc) is 2.39. The Balaban J connectivity index is 2.48. The van der Waals surface area contributed by atoms with Gasteiger partial charge in [-0.15, -0.1) is 0 Å². The van der Waals surface area contributed by atoms with Gasteiger partial charge in [-0.2, -0.15) is 0 Å². The number of sulfonamides is 1. The standard InChI is InChI=1S/C14H14Br2N2O2S/c1-8-6-11(16)14(7-10(8)15)21(19,20)18-13-5-3-4-12(17)9(13)2/h3-7,18H,17H2,1-2H3. The number of nitrogens with two attached hydrogens (primary N) is 1. The molecule has 0 saturated heterocycles.